The van der Waals surface area contributed by atoms with Gasteiger partial charge in [0.15, 0.2) is 5.78 Å². The monoisotopic (exact) mass is 392 g/mol. The van der Waals surface area contributed by atoms with Gasteiger partial charge in [-0.2, -0.15) is 13.2 Å². The number of rotatable bonds is 3. The van der Waals surface area contributed by atoms with Crippen molar-refractivity contribution in [3.8, 4) is 0 Å². The summed E-state index contributed by atoms with van der Waals surface area (Å²) in [6.45, 7) is 1.66. The molecule has 0 radical (unpaired) electrons. The highest BCUT2D eigenvalue weighted by atomic mass is 35.5. The first-order chi connectivity index (χ1) is 11.1. The summed E-state index contributed by atoms with van der Waals surface area (Å²) in [5.74, 6) is -0.793. The van der Waals surface area contributed by atoms with Crippen LogP contribution in [0.25, 0.3) is 5.57 Å². The molecule has 0 unspecified atom stereocenters. The average molecular weight is 394 g/mol. The van der Waals surface area contributed by atoms with E-state index in [4.69, 9.17) is 34.8 Å². The van der Waals surface area contributed by atoms with Crippen molar-refractivity contribution in [2.75, 3.05) is 0 Å². The van der Waals surface area contributed by atoms with Gasteiger partial charge in [0.1, 0.15) is 0 Å². The van der Waals surface area contributed by atoms with E-state index in [0.29, 0.717) is 16.7 Å². The van der Waals surface area contributed by atoms with Crippen LogP contribution in [-0.4, -0.2) is 12.0 Å². The highest BCUT2D eigenvalue weighted by Gasteiger charge is 2.35. The molecule has 2 rings (SSSR count). The number of ketones is 1. The van der Waals surface area contributed by atoms with Crippen LogP contribution in [0.15, 0.2) is 42.5 Å². The van der Waals surface area contributed by atoms with Gasteiger partial charge in [0.2, 0.25) is 0 Å². The molecule has 126 valence electrons. The van der Waals surface area contributed by atoms with Crippen molar-refractivity contribution in [2.24, 2.45) is 0 Å². The summed E-state index contributed by atoms with van der Waals surface area (Å²) >= 11 is 17.4. The maximum atomic E-state index is 13.4. The van der Waals surface area contributed by atoms with Crippen LogP contribution >= 0.6 is 34.8 Å². The van der Waals surface area contributed by atoms with Crippen molar-refractivity contribution >= 4 is 46.2 Å². The zero-order valence-electron chi connectivity index (χ0n) is 12.2. The average Bonchev–Trinajstić information content (AvgIpc) is 2.45. The quantitative estimate of drug-likeness (QED) is 0.415. The molecular weight excluding hydrogens is 384 g/mol. The molecule has 2 aromatic rings. The van der Waals surface area contributed by atoms with Gasteiger partial charge in [-0.1, -0.05) is 34.8 Å². The standard InChI is InChI=1S/C17H10Cl3F3O/c1-9-4-10(2-3-15(9)20)16(24)8-14(17(21,22)23)11-5-12(18)7-13(19)6-11/h2-8H,1H3/b14-8+. The molecule has 0 N–H and O–H groups in total. The van der Waals surface area contributed by atoms with Gasteiger partial charge in [-0.25, -0.2) is 0 Å². The maximum absolute atomic E-state index is 13.4. The molecule has 0 amide bonds. The molecule has 0 atom stereocenters. The van der Waals surface area contributed by atoms with Crippen molar-refractivity contribution in [2.45, 2.75) is 13.1 Å². The predicted octanol–water partition coefficient (Wildman–Crippen LogP) is 6.78. The van der Waals surface area contributed by atoms with Gasteiger partial charge in [-0.3, -0.25) is 4.79 Å². The Morgan fingerprint density at radius 1 is 0.958 bits per heavy atom. The third-order valence-corrected chi connectivity index (χ3v) is 4.06. The summed E-state index contributed by atoms with van der Waals surface area (Å²) in [4.78, 5) is 12.2. The molecule has 0 saturated carbocycles. The fourth-order valence-corrected chi connectivity index (χ4v) is 2.69. The Balaban J connectivity index is 2.53. The van der Waals surface area contributed by atoms with E-state index in [1.807, 2.05) is 0 Å². The summed E-state index contributed by atoms with van der Waals surface area (Å²) in [5.41, 5.74) is -0.703. The molecule has 7 heteroatoms. The fourth-order valence-electron chi connectivity index (χ4n) is 2.05. The Morgan fingerprint density at radius 2 is 1.54 bits per heavy atom. The molecule has 0 heterocycles. The summed E-state index contributed by atoms with van der Waals surface area (Å²) in [6.07, 6.45) is -4.21. The zero-order chi connectivity index (χ0) is 18.1. The maximum Gasteiger partial charge on any atom is 0.417 e. The number of benzene rings is 2. The van der Waals surface area contributed by atoms with Gasteiger partial charge in [-0.05, 0) is 60.5 Å². The first kappa shape index (κ1) is 18.8. The van der Waals surface area contributed by atoms with Gasteiger partial charge in [0.05, 0.1) is 5.57 Å². The second-order valence-corrected chi connectivity index (χ2v) is 6.32. The van der Waals surface area contributed by atoms with E-state index in [-0.39, 0.29) is 21.2 Å². The lowest BCUT2D eigenvalue weighted by atomic mass is 10.0. The Morgan fingerprint density at radius 3 is 2.04 bits per heavy atom. The number of carbonyl (C=O) groups excluding carboxylic acids is 1. The second-order valence-electron chi connectivity index (χ2n) is 5.04. The minimum Gasteiger partial charge on any atom is -0.289 e. The topological polar surface area (TPSA) is 17.1 Å². The molecule has 0 aliphatic carbocycles. The summed E-state index contributed by atoms with van der Waals surface area (Å²) in [7, 11) is 0. The van der Waals surface area contributed by atoms with E-state index in [0.717, 1.165) is 12.1 Å². The molecule has 1 nitrogen and oxygen atoms in total. The number of carbonyl (C=O) groups is 1. The second kappa shape index (κ2) is 7.18. The largest absolute Gasteiger partial charge is 0.417 e. The van der Waals surface area contributed by atoms with E-state index < -0.39 is 17.5 Å². The van der Waals surface area contributed by atoms with Crippen molar-refractivity contribution in [3.63, 3.8) is 0 Å². The van der Waals surface area contributed by atoms with Crippen LogP contribution in [0.3, 0.4) is 0 Å². The van der Waals surface area contributed by atoms with E-state index in [2.05, 4.69) is 0 Å². The smallest absolute Gasteiger partial charge is 0.289 e. The summed E-state index contributed by atoms with van der Waals surface area (Å²) < 4.78 is 40.1. The van der Waals surface area contributed by atoms with E-state index >= 15 is 0 Å². The Labute approximate surface area is 151 Å². The lowest BCUT2D eigenvalue weighted by molar-refractivity contribution is -0.0689. The SMILES string of the molecule is Cc1cc(C(=O)/C=C(\c2cc(Cl)cc(Cl)c2)C(F)(F)F)ccc1Cl. The molecule has 0 aliphatic heterocycles. The highest BCUT2D eigenvalue weighted by molar-refractivity contribution is 6.35. The first-order valence-corrected chi connectivity index (χ1v) is 7.77. The van der Waals surface area contributed by atoms with Crippen LogP contribution in [0, 0.1) is 6.92 Å². The van der Waals surface area contributed by atoms with Crippen LogP contribution in [0.2, 0.25) is 15.1 Å². The molecule has 0 fully saturated rings. The fraction of sp³-hybridized carbons (Fsp3) is 0.118. The van der Waals surface area contributed by atoms with Crippen molar-refractivity contribution in [3.05, 3.63) is 74.2 Å². The number of hydrogen-bond acceptors (Lipinski definition) is 1. The van der Waals surface area contributed by atoms with Crippen LogP contribution in [0.4, 0.5) is 13.2 Å². The van der Waals surface area contributed by atoms with Gasteiger partial charge in [-0.15, -0.1) is 0 Å². The number of alkyl halides is 3. The van der Waals surface area contributed by atoms with Gasteiger partial charge in [0, 0.05) is 20.6 Å². The molecule has 0 spiro atoms. The van der Waals surface area contributed by atoms with Crippen molar-refractivity contribution in [1.82, 2.24) is 0 Å². The molecule has 0 saturated heterocycles. The highest BCUT2D eigenvalue weighted by Crippen LogP contribution is 2.36. The van der Waals surface area contributed by atoms with E-state index in [9.17, 15) is 18.0 Å². The Hall–Kier alpha value is -1.49. The lowest BCUT2D eigenvalue weighted by Gasteiger charge is -2.13. The predicted molar refractivity (Wildman–Crippen MR) is 91.0 cm³/mol. The molecular formula is C17H10Cl3F3O. The minimum atomic E-state index is -4.74. The summed E-state index contributed by atoms with van der Waals surface area (Å²) in [5, 5.41) is 0.512. The summed E-state index contributed by atoms with van der Waals surface area (Å²) in [6, 6.07) is 7.78. The van der Waals surface area contributed by atoms with Crippen LogP contribution in [-0.2, 0) is 0 Å². The number of allylic oxidation sites excluding steroid dienone is 2. The van der Waals surface area contributed by atoms with E-state index in [1.165, 1.54) is 24.3 Å². The van der Waals surface area contributed by atoms with E-state index in [1.54, 1.807) is 6.92 Å². The zero-order valence-corrected chi connectivity index (χ0v) is 14.5. The number of halogens is 6. The normalized spacial score (nSPS) is 12.4. The minimum absolute atomic E-state index is 0.0439. The van der Waals surface area contributed by atoms with Crippen LogP contribution in [0.1, 0.15) is 21.5 Å². The van der Waals surface area contributed by atoms with Crippen LogP contribution < -0.4 is 0 Å². The van der Waals surface area contributed by atoms with Gasteiger partial charge in [0.25, 0.3) is 0 Å². The lowest BCUT2D eigenvalue weighted by Crippen LogP contribution is -2.13. The van der Waals surface area contributed by atoms with Crippen molar-refractivity contribution < 1.29 is 18.0 Å². The molecule has 24 heavy (non-hydrogen) atoms. The Bertz CT molecular complexity index is 806. The molecule has 0 aromatic heterocycles. The molecule has 0 bridgehead atoms. The van der Waals surface area contributed by atoms with Gasteiger partial charge >= 0.3 is 6.18 Å². The molecule has 0 aliphatic rings. The number of hydrogen-bond donors (Lipinski definition) is 0. The molecule has 2 aromatic carbocycles. The van der Waals surface area contributed by atoms with Crippen molar-refractivity contribution in [1.29, 1.82) is 0 Å². The first-order valence-electron chi connectivity index (χ1n) is 6.64. The van der Waals surface area contributed by atoms with Crippen LogP contribution in [0.5, 0.6) is 0 Å². The third kappa shape index (κ3) is 4.53. The van der Waals surface area contributed by atoms with Gasteiger partial charge < -0.3 is 0 Å². The third-order valence-electron chi connectivity index (χ3n) is 3.20. The number of aryl methyl sites for hydroxylation is 1. The Kier molecular flexibility index (Phi) is 5.63.